The number of benzene rings is 2. The molecule has 0 bridgehead atoms. The highest BCUT2D eigenvalue weighted by Crippen LogP contribution is 2.32. The number of carbonyl (C=O) groups is 2. The predicted molar refractivity (Wildman–Crippen MR) is 108 cm³/mol. The number of ether oxygens (including phenoxy) is 1. The third-order valence-corrected chi connectivity index (χ3v) is 4.31. The first-order valence-corrected chi connectivity index (χ1v) is 9.43. The van der Waals surface area contributed by atoms with E-state index >= 15 is 0 Å². The molecule has 0 saturated heterocycles. The molecule has 11 heteroatoms. The number of amides is 1. The Morgan fingerprint density at radius 3 is 2.42 bits per heavy atom. The SMILES string of the molecule is O=C(COC(=O)c1ccc(-c2cccc(C(F)(F)F)c2)o1)Nc1nnc(-c2ccccc2)o1. The number of hydrogen-bond donors (Lipinski definition) is 1. The second-order valence-corrected chi connectivity index (χ2v) is 6.65. The molecule has 8 nitrogen and oxygen atoms in total. The Balaban J connectivity index is 1.34. The highest BCUT2D eigenvalue weighted by atomic mass is 19.4. The van der Waals surface area contributed by atoms with Crippen molar-refractivity contribution < 1.29 is 36.3 Å². The number of halogens is 3. The van der Waals surface area contributed by atoms with E-state index in [1.165, 1.54) is 24.3 Å². The summed E-state index contributed by atoms with van der Waals surface area (Å²) in [4.78, 5) is 24.1. The number of rotatable bonds is 6. The van der Waals surface area contributed by atoms with Crippen LogP contribution >= 0.6 is 0 Å². The molecular weight excluding hydrogens is 443 g/mol. The van der Waals surface area contributed by atoms with E-state index in [-0.39, 0.29) is 29.0 Å². The molecule has 4 aromatic rings. The molecular formula is C22H14F3N3O5. The van der Waals surface area contributed by atoms with Crippen LogP contribution in [0.5, 0.6) is 0 Å². The minimum atomic E-state index is -4.52. The molecule has 0 aliphatic heterocycles. The Labute approximate surface area is 184 Å². The number of carbonyl (C=O) groups excluding carboxylic acids is 2. The Kier molecular flexibility index (Phi) is 5.94. The number of esters is 1. The van der Waals surface area contributed by atoms with E-state index in [0.717, 1.165) is 12.1 Å². The Hall–Kier alpha value is -4.41. The van der Waals surface area contributed by atoms with Gasteiger partial charge in [-0.3, -0.25) is 10.1 Å². The number of nitrogens with one attached hydrogen (secondary N) is 1. The van der Waals surface area contributed by atoms with Crippen LogP contribution in [0, 0.1) is 0 Å². The van der Waals surface area contributed by atoms with Gasteiger partial charge in [0.2, 0.25) is 11.7 Å². The maximum Gasteiger partial charge on any atom is 0.416 e. The van der Waals surface area contributed by atoms with Crippen molar-refractivity contribution in [3.05, 3.63) is 78.1 Å². The predicted octanol–water partition coefficient (Wildman–Crippen LogP) is 4.81. The van der Waals surface area contributed by atoms with Gasteiger partial charge in [-0.25, -0.2) is 4.79 Å². The molecule has 1 N–H and O–H groups in total. The van der Waals surface area contributed by atoms with Gasteiger partial charge < -0.3 is 13.6 Å². The molecule has 0 saturated carbocycles. The maximum atomic E-state index is 12.9. The number of nitrogens with zero attached hydrogens (tertiary/aromatic N) is 2. The molecule has 0 fully saturated rings. The van der Waals surface area contributed by atoms with Gasteiger partial charge in [-0.2, -0.15) is 13.2 Å². The molecule has 0 aliphatic carbocycles. The van der Waals surface area contributed by atoms with Crippen molar-refractivity contribution >= 4 is 17.9 Å². The van der Waals surface area contributed by atoms with E-state index in [9.17, 15) is 22.8 Å². The fourth-order valence-electron chi connectivity index (χ4n) is 2.78. The summed E-state index contributed by atoms with van der Waals surface area (Å²) >= 11 is 0. The van der Waals surface area contributed by atoms with E-state index in [1.807, 2.05) is 6.07 Å². The van der Waals surface area contributed by atoms with Gasteiger partial charge in [-0.15, -0.1) is 5.10 Å². The third-order valence-electron chi connectivity index (χ3n) is 4.31. The monoisotopic (exact) mass is 457 g/mol. The van der Waals surface area contributed by atoms with Gasteiger partial charge in [0.15, 0.2) is 6.61 Å². The minimum absolute atomic E-state index is 0.0387. The van der Waals surface area contributed by atoms with Crippen LogP contribution in [-0.2, 0) is 15.7 Å². The molecule has 2 heterocycles. The first kappa shape index (κ1) is 21.8. The topological polar surface area (TPSA) is 107 Å². The Morgan fingerprint density at radius 1 is 0.909 bits per heavy atom. The summed E-state index contributed by atoms with van der Waals surface area (Å²) in [6.07, 6.45) is -4.52. The number of furan rings is 1. The first-order chi connectivity index (χ1) is 15.8. The lowest BCUT2D eigenvalue weighted by Gasteiger charge is -2.07. The smallest absolute Gasteiger partial charge is 0.416 e. The van der Waals surface area contributed by atoms with Crippen LogP contribution < -0.4 is 5.32 Å². The highest BCUT2D eigenvalue weighted by molar-refractivity contribution is 5.93. The summed E-state index contributed by atoms with van der Waals surface area (Å²) in [6.45, 7) is -0.679. The van der Waals surface area contributed by atoms with Gasteiger partial charge in [-0.1, -0.05) is 35.4 Å². The lowest BCUT2D eigenvalue weighted by atomic mass is 10.1. The van der Waals surface area contributed by atoms with Gasteiger partial charge in [0, 0.05) is 11.1 Å². The normalized spacial score (nSPS) is 11.2. The summed E-state index contributed by atoms with van der Waals surface area (Å²) in [5.41, 5.74) is -0.0628. The number of hydrogen-bond acceptors (Lipinski definition) is 7. The van der Waals surface area contributed by atoms with Gasteiger partial charge in [0.05, 0.1) is 5.56 Å². The third kappa shape index (κ3) is 5.26. The molecule has 0 radical (unpaired) electrons. The van der Waals surface area contributed by atoms with Crippen LogP contribution in [-0.4, -0.2) is 28.7 Å². The molecule has 168 valence electrons. The zero-order valence-electron chi connectivity index (χ0n) is 16.6. The van der Waals surface area contributed by atoms with Crippen LogP contribution in [0.15, 0.2) is 75.6 Å². The molecule has 33 heavy (non-hydrogen) atoms. The van der Waals surface area contributed by atoms with Crippen LogP contribution in [0.3, 0.4) is 0 Å². The second kappa shape index (κ2) is 8.99. The highest BCUT2D eigenvalue weighted by Gasteiger charge is 2.30. The van der Waals surface area contributed by atoms with Gasteiger partial charge in [-0.05, 0) is 36.4 Å². The lowest BCUT2D eigenvalue weighted by molar-refractivity contribution is -0.137. The van der Waals surface area contributed by atoms with Crippen LogP contribution in [0.4, 0.5) is 19.2 Å². The molecule has 2 aromatic heterocycles. The van der Waals surface area contributed by atoms with Gasteiger partial charge in [0.1, 0.15) is 5.76 Å². The van der Waals surface area contributed by atoms with Crippen molar-refractivity contribution in [2.24, 2.45) is 0 Å². The van der Waals surface area contributed by atoms with E-state index in [0.29, 0.717) is 5.56 Å². The quantitative estimate of drug-likeness (QED) is 0.414. The van der Waals surface area contributed by atoms with Crippen molar-refractivity contribution in [1.82, 2.24) is 10.2 Å². The number of anilines is 1. The van der Waals surface area contributed by atoms with Crippen molar-refractivity contribution in [3.63, 3.8) is 0 Å². The summed E-state index contributed by atoms with van der Waals surface area (Å²) < 4.78 is 54.1. The molecule has 0 aliphatic rings. The van der Waals surface area contributed by atoms with Gasteiger partial charge >= 0.3 is 18.2 Å². The molecule has 0 unspecified atom stereocenters. The number of aromatic nitrogens is 2. The second-order valence-electron chi connectivity index (χ2n) is 6.65. The van der Waals surface area contributed by atoms with E-state index < -0.39 is 30.2 Å². The van der Waals surface area contributed by atoms with Crippen molar-refractivity contribution in [2.45, 2.75) is 6.18 Å². The standard InChI is InChI=1S/C22H14F3N3O5/c23-22(24,25)15-8-4-7-14(11-15)16-9-10-17(32-16)20(30)31-12-18(29)26-21-28-27-19(33-21)13-5-2-1-3-6-13/h1-11H,12H2,(H,26,28,29). The molecule has 0 atom stereocenters. The fraction of sp³-hybridized carbons (Fsp3) is 0.0909. The number of alkyl halides is 3. The van der Waals surface area contributed by atoms with E-state index in [4.69, 9.17) is 13.6 Å². The van der Waals surface area contributed by atoms with Crippen molar-refractivity contribution in [3.8, 4) is 22.8 Å². The molecule has 1 amide bonds. The lowest BCUT2D eigenvalue weighted by Crippen LogP contribution is -2.20. The van der Waals surface area contributed by atoms with Crippen molar-refractivity contribution in [2.75, 3.05) is 11.9 Å². The van der Waals surface area contributed by atoms with Crippen molar-refractivity contribution in [1.29, 1.82) is 0 Å². The zero-order chi connectivity index (χ0) is 23.4. The maximum absolute atomic E-state index is 12.9. The molecule has 2 aromatic carbocycles. The average molecular weight is 457 g/mol. The molecule has 0 spiro atoms. The fourth-order valence-corrected chi connectivity index (χ4v) is 2.78. The van der Waals surface area contributed by atoms with Crippen LogP contribution in [0.1, 0.15) is 16.1 Å². The summed E-state index contributed by atoms with van der Waals surface area (Å²) in [5, 5.41) is 9.80. The minimum Gasteiger partial charge on any atom is -0.450 e. The Bertz CT molecular complexity index is 1280. The molecule has 4 rings (SSSR count). The summed E-state index contributed by atoms with van der Waals surface area (Å²) in [5.74, 6) is -1.76. The largest absolute Gasteiger partial charge is 0.450 e. The van der Waals surface area contributed by atoms with E-state index in [1.54, 1.807) is 24.3 Å². The summed E-state index contributed by atoms with van der Waals surface area (Å²) in [6, 6.07) is 15.7. The van der Waals surface area contributed by atoms with E-state index in [2.05, 4.69) is 15.5 Å². The Morgan fingerprint density at radius 2 is 1.67 bits per heavy atom. The van der Waals surface area contributed by atoms with Crippen LogP contribution in [0.2, 0.25) is 0 Å². The summed E-state index contributed by atoms with van der Waals surface area (Å²) in [7, 11) is 0. The first-order valence-electron chi connectivity index (χ1n) is 9.43. The average Bonchev–Trinajstić information content (AvgIpc) is 3.48. The van der Waals surface area contributed by atoms with Gasteiger partial charge in [0.25, 0.3) is 5.91 Å². The zero-order valence-corrected chi connectivity index (χ0v) is 16.6. The van der Waals surface area contributed by atoms with Crippen LogP contribution in [0.25, 0.3) is 22.8 Å².